The van der Waals surface area contributed by atoms with Crippen molar-refractivity contribution in [2.45, 2.75) is 25.0 Å². The Hall–Kier alpha value is -1.45. The Morgan fingerprint density at radius 2 is 2.29 bits per heavy atom. The lowest BCUT2D eigenvalue weighted by molar-refractivity contribution is -0.00252. The van der Waals surface area contributed by atoms with Gasteiger partial charge in [0.2, 0.25) is 0 Å². The molecule has 0 radical (unpaired) electrons. The fraction of sp³-hybridized carbons (Fsp3) is 0.357. The van der Waals surface area contributed by atoms with Crippen molar-refractivity contribution in [2.75, 3.05) is 6.61 Å². The second kappa shape index (κ2) is 4.43. The summed E-state index contributed by atoms with van der Waals surface area (Å²) in [7, 11) is 0. The second-order valence-electron chi connectivity index (χ2n) is 4.45. The Labute approximate surface area is 100 Å². The van der Waals surface area contributed by atoms with E-state index in [1.54, 1.807) is 6.20 Å². The van der Waals surface area contributed by atoms with Gasteiger partial charge in [-0.3, -0.25) is 4.98 Å². The summed E-state index contributed by atoms with van der Waals surface area (Å²) in [6.07, 6.45) is 3.17. The highest BCUT2D eigenvalue weighted by Crippen LogP contribution is 2.28. The number of hydrogen-bond donors (Lipinski definition) is 1. The first-order valence-electron chi connectivity index (χ1n) is 5.99. The summed E-state index contributed by atoms with van der Waals surface area (Å²) in [6.45, 7) is 0.761. The summed E-state index contributed by atoms with van der Waals surface area (Å²) < 4.78 is 5.52. The lowest BCUT2D eigenvalue weighted by atomic mass is 10.0. The minimum absolute atomic E-state index is 0.0517. The lowest BCUT2D eigenvalue weighted by Gasteiger charge is -2.18. The first-order chi connectivity index (χ1) is 8.34. The zero-order valence-electron chi connectivity index (χ0n) is 9.54. The average Bonchev–Trinajstić information content (AvgIpc) is 2.91. The minimum atomic E-state index is -0.526. The molecular formula is C14H15NO2. The number of nitrogens with zero attached hydrogens (tertiary/aromatic N) is 1. The fourth-order valence-corrected chi connectivity index (χ4v) is 2.34. The summed E-state index contributed by atoms with van der Waals surface area (Å²) >= 11 is 0. The van der Waals surface area contributed by atoms with Gasteiger partial charge in [0, 0.05) is 18.2 Å². The number of rotatable bonds is 2. The first-order valence-corrected chi connectivity index (χ1v) is 5.99. The van der Waals surface area contributed by atoms with Crippen LogP contribution in [0.2, 0.25) is 0 Å². The van der Waals surface area contributed by atoms with Crippen molar-refractivity contribution in [1.29, 1.82) is 0 Å². The number of ether oxygens (including phenoxy) is 1. The Bertz CT molecular complexity index is 520. The van der Waals surface area contributed by atoms with Crippen LogP contribution in [0.5, 0.6) is 0 Å². The maximum absolute atomic E-state index is 10.2. The van der Waals surface area contributed by atoms with E-state index in [-0.39, 0.29) is 6.10 Å². The van der Waals surface area contributed by atoms with Crippen molar-refractivity contribution >= 4 is 10.9 Å². The predicted octanol–water partition coefficient (Wildman–Crippen LogP) is 2.45. The highest BCUT2D eigenvalue weighted by molar-refractivity contribution is 5.79. The summed E-state index contributed by atoms with van der Waals surface area (Å²) in [4.78, 5) is 4.27. The Balaban J connectivity index is 1.94. The highest BCUT2D eigenvalue weighted by atomic mass is 16.5. The van der Waals surface area contributed by atoms with Crippen LogP contribution in [0.4, 0.5) is 0 Å². The van der Waals surface area contributed by atoms with Crippen LogP contribution in [0.1, 0.15) is 24.5 Å². The van der Waals surface area contributed by atoms with Gasteiger partial charge >= 0.3 is 0 Å². The van der Waals surface area contributed by atoms with Gasteiger partial charge in [-0.2, -0.15) is 0 Å². The molecule has 0 bridgehead atoms. The molecule has 1 aromatic heterocycles. The minimum Gasteiger partial charge on any atom is -0.386 e. The van der Waals surface area contributed by atoms with Crippen molar-refractivity contribution < 1.29 is 9.84 Å². The smallest absolute Gasteiger partial charge is 0.105 e. The van der Waals surface area contributed by atoms with Gasteiger partial charge in [-0.05, 0) is 36.6 Å². The summed E-state index contributed by atoms with van der Waals surface area (Å²) in [5, 5.41) is 11.3. The molecule has 88 valence electrons. The molecular weight excluding hydrogens is 214 g/mol. The molecule has 1 fully saturated rings. The van der Waals surface area contributed by atoms with Crippen LogP contribution in [0.15, 0.2) is 36.5 Å². The van der Waals surface area contributed by atoms with Crippen LogP contribution < -0.4 is 0 Å². The number of benzene rings is 1. The molecule has 1 saturated heterocycles. The van der Waals surface area contributed by atoms with E-state index in [1.807, 2.05) is 30.3 Å². The number of aliphatic hydroxyl groups excluding tert-OH is 1. The van der Waals surface area contributed by atoms with Crippen molar-refractivity contribution in [3.8, 4) is 0 Å². The molecule has 0 spiro atoms. The van der Waals surface area contributed by atoms with Crippen molar-refractivity contribution in [1.82, 2.24) is 4.98 Å². The van der Waals surface area contributed by atoms with E-state index in [4.69, 9.17) is 4.74 Å². The molecule has 17 heavy (non-hydrogen) atoms. The van der Waals surface area contributed by atoms with E-state index in [0.29, 0.717) is 0 Å². The number of hydrogen-bond acceptors (Lipinski definition) is 3. The van der Waals surface area contributed by atoms with Gasteiger partial charge in [0.1, 0.15) is 6.10 Å². The van der Waals surface area contributed by atoms with E-state index in [1.165, 1.54) is 0 Å². The lowest BCUT2D eigenvalue weighted by Crippen LogP contribution is -2.16. The van der Waals surface area contributed by atoms with Gasteiger partial charge in [0.05, 0.1) is 11.6 Å². The zero-order valence-corrected chi connectivity index (χ0v) is 9.54. The van der Waals surface area contributed by atoms with Gasteiger partial charge in [-0.15, -0.1) is 0 Å². The maximum Gasteiger partial charge on any atom is 0.105 e. The normalized spacial score (nSPS) is 21.8. The largest absolute Gasteiger partial charge is 0.386 e. The van der Waals surface area contributed by atoms with Crippen LogP contribution in [0, 0.1) is 0 Å². The molecule has 2 unspecified atom stereocenters. The van der Waals surface area contributed by atoms with E-state index in [0.717, 1.165) is 35.9 Å². The highest BCUT2D eigenvalue weighted by Gasteiger charge is 2.25. The van der Waals surface area contributed by atoms with Crippen LogP contribution in [0.3, 0.4) is 0 Å². The van der Waals surface area contributed by atoms with Crippen molar-refractivity contribution in [3.05, 3.63) is 42.1 Å². The SMILES string of the molecule is OC(c1ccc2ncccc2c1)C1CCCO1. The summed E-state index contributed by atoms with van der Waals surface area (Å²) in [5.41, 5.74) is 1.87. The van der Waals surface area contributed by atoms with Crippen LogP contribution in [-0.2, 0) is 4.74 Å². The van der Waals surface area contributed by atoms with Crippen LogP contribution >= 0.6 is 0 Å². The Kier molecular flexibility index (Phi) is 2.79. The molecule has 3 rings (SSSR count). The third kappa shape index (κ3) is 2.04. The monoisotopic (exact) mass is 229 g/mol. The van der Waals surface area contributed by atoms with Gasteiger partial charge in [0.15, 0.2) is 0 Å². The number of aromatic nitrogens is 1. The number of pyridine rings is 1. The standard InChI is InChI=1S/C14H15NO2/c16-14(13-4-2-8-17-13)11-5-6-12-10(9-11)3-1-7-15-12/h1,3,5-7,9,13-14,16H,2,4,8H2. The maximum atomic E-state index is 10.2. The molecule has 0 saturated carbocycles. The molecule has 1 aliphatic rings. The third-order valence-electron chi connectivity index (χ3n) is 3.29. The molecule has 2 heterocycles. The van der Waals surface area contributed by atoms with E-state index in [9.17, 15) is 5.11 Å². The molecule has 3 heteroatoms. The van der Waals surface area contributed by atoms with Crippen molar-refractivity contribution in [2.24, 2.45) is 0 Å². The van der Waals surface area contributed by atoms with Gasteiger partial charge in [0.25, 0.3) is 0 Å². The molecule has 1 N–H and O–H groups in total. The molecule has 2 atom stereocenters. The fourth-order valence-electron chi connectivity index (χ4n) is 2.34. The van der Waals surface area contributed by atoms with E-state index in [2.05, 4.69) is 4.98 Å². The first kappa shape index (κ1) is 10.7. The predicted molar refractivity (Wildman–Crippen MR) is 65.7 cm³/mol. The van der Waals surface area contributed by atoms with Crippen LogP contribution in [0.25, 0.3) is 10.9 Å². The van der Waals surface area contributed by atoms with Gasteiger partial charge < -0.3 is 9.84 Å². The Morgan fingerprint density at radius 3 is 3.12 bits per heavy atom. The quantitative estimate of drug-likeness (QED) is 0.860. The second-order valence-corrected chi connectivity index (χ2v) is 4.45. The van der Waals surface area contributed by atoms with Crippen molar-refractivity contribution in [3.63, 3.8) is 0 Å². The molecule has 3 nitrogen and oxygen atoms in total. The average molecular weight is 229 g/mol. The van der Waals surface area contributed by atoms with E-state index < -0.39 is 6.10 Å². The molecule has 0 amide bonds. The van der Waals surface area contributed by atoms with Gasteiger partial charge in [-0.1, -0.05) is 12.1 Å². The zero-order chi connectivity index (χ0) is 11.7. The molecule has 2 aromatic rings. The van der Waals surface area contributed by atoms with E-state index >= 15 is 0 Å². The third-order valence-corrected chi connectivity index (χ3v) is 3.29. The summed E-state index contributed by atoms with van der Waals surface area (Å²) in [6, 6.07) is 9.79. The Morgan fingerprint density at radius 1 is 1.35 bits per heavy atom. The number of aliphatic hydroxyl groups is 1. The molecule has 0 aliphatic carbocycles. The van der Waals surface area contributed by atoms with Crippen LogP contribution in [-0.4, -0.2) is 22.8 Å². The number of fused-ring (bicyclic) bond motifs is 1. The van der Waals surface area contributed by atoms with Gasteiger partial charge in [-0.25, -0.2) is 0 Å². The topological polar surface area (TPSA) is 42.4 Å². The molecule has 1 aliphatic heterocycles. The molecule has 1 aromatic carbocycles. The summed E-state index contributed by atoms with van der Waals surface area (Å²) in [5.74, 6) is 0.